The Bertz CT molecular complexity index is 444. The van der Waals surface area contributed by atoms with Gasteiger partial charge in [0.15, 0.2) is 0 Å². The molecule has 1 aromatic carbocycles. The molecule has 2 aliphatic rings. The van der Waals surface area contributed by atoms with E-state index >= 15 is 0 Å². The molecule has 1 aromatic rings. The van der Waals surface area contributed by atoms with Crippen molar-refractivity contribution in [3.05, 3.63) is 29.8 Å². The van der Waals surface area contributed by atoms with Crippen LogP contribution in [0.25, 0.3) is 0 Å². The fourth-order valence-electron chi connectivity index (χ4n) is 3.07. The molecule has 1 aliphatic carbocycles. The highest BCUT2D eigenvalue weighted by Crippen LogP contribution is 2.32. The lowest BCUT2D eigenvalue weighted by molar-refractivity contribution is -0.0222. The van der Waals surface area contributed by atoms with Gasteiger partial charge in [-0.15, -0.1) is 0 Å². The van der Waals surface area contributed by atoms with E-state index in [1.165, 1.54) is 24.1 Å². The molecule has 0 amide bonds. The van der Waals surface area contributed by atoms with E-state index in [1.807, 2.05) is 0 Å². The maximum Gasteiger partial charge on any atom is 0.0877 e. The molecule has 1 saturated carbocycles. The zero-order valence-electron chi connectivity index (χ0n) is 13.0. The summed E-state index contributed by atoms with van der Waals surface area (Å²) in [5, 5.41) is 0. The molecule has 4 nitrogen and oxygen atoms in total. The summed E-state index contributed by atoms with van der Waals surface area (Å²) in [5.74, 6) is 0. The number of hydrogen-bond acceptors (Lipinski definition) is 4. The third-order valence-electron chi connectivity index (χ3n) is 4.56. The van der Waals surface area contributed by atoms with Gasteiger partial charge in [-0.3, -0.25) is 4.90 Å². The molecule has 2 N–H and O–H groups in total. The van der Waals surface area contributed by atoms with Crippen molar-refractivity contribution in [3.63, 3.8) is 0 Å². The number of nitrogens with zero attached hydrogens (tertiary/aromatic N) is 2. The van der Waals surface area contributed by atoms with E-state index in [0.717, 1.165) is 32.8 Å². The van der Waals surface area contributed by atoms with E-state index in [9.17, 15) is 0 Å². The van der Waals surface area contributed by atoms with Crippen molar-refractivity contribution in [3.8, 4) is 0 Å². The Morgan fingerprint density at radius 3 is 2.67 bits per heavy atom. The van der Waals surface area contributed by atoms with E-state index in [1.54, 1.807) is 0 Å². The van der Waals surface area contributed by atoms with Crippen molar-refractivity contribution in [1.82, 2.24) is 4.90 Å². The van der Waals surface area contributed by atoms with Crippen LogP contribution in [0.4, 0.5) is 5.69 Å². The predicted molar refractivity (Wildman–Crippen MR) is 86.6 cm³/mol. The maximum atomic E-state index is 5.98. The quantitative estimate of drug-likeness (QED) is 0.867. The van der Waals surface area contributed by atoms with Crippen LogP contribution in [0.1, 0.15) is 25.3 Å². The molecule has 21 heavy (non-hydrogen) atoms. The van der Waals surface area contributed by atoms with Gasteiger partial charge >= 0.3 is 0 Å². The molecular weight excluding hydrogens is 262 g/mol. The van der Waals surface area contributed by atoms with Crippen LogP contribution in [-0.2, 0) is 11.3 Å². The lowest BCUT2D eigenvalue weighted by Gasteiger charge is -2.36. The number of anilines is 1. The molecule has 1 heterocycles. The Balaban J connectivity index is 1.66. The molecule has 116 valence electrons. The molecule has 1 aliphatic heterocycles. The number of ether oxygens (including phenoxy) is 1. The Hall–Kier alpha value is -1.10. The normalized spacial score (nSPS) is 23.2. The first kappa shape index (κ1) is 14.8. The number of nitrogens with two attached hydrogens (primary N) is 1. The smallest absolute Gasteiger partial charge is 0.0877 e. The highest BCUT2D eigenvalue weighted by molar-refractivity contribution is 5.50. The van der Waals surface area contributed by atoms with Gasteiger partial charge in [0.2, 0.25) is 0 Å². The standard InChI is InChI=1S/C17H27N3O/c1-2-19-9-10-21-17(12-19)13-20(16-7-8-16)15-5-3-14(11-18)4-6-15/h3-6,16-17H,2,7-13,18H2,1H3. The van der Waals surface area contributed by atoms with Crippen LogP contribution in [0, 0.1) is 0 Å². The van der Waals surface area contributed by atoms with Crippen molar-refractivity contribution in [2.24, 2.45) is 5.73 Å². The topological polar surface area (TPSA) is 41.7 Å². The minimum atomic E-state index is 0.327. The van der Waals surface area contributed by atoms with Gasteiger partial charge in [0.1, 0.15) is 0 Å². The van der Waals surface area contributed by atoms with E-state index in [2.05, 4.69) is 41.0 Å². The SMILES string of the molecule is CCN1CCOC(CN(c2ccc(CN)cc2)C2CC2)C1. The molecule has 2 fully saturated rings. The number of morpholine rings is 1. The second kappa shape index (κ2) is 6.77. The number of benzene rings is 1. The fourth-order valence-corrected chi connectivity index (χ4v) is 3.07. The van der Waals surface area contributed by atoms with E-state index in [4.69, 9.17) is 10.5 Å². The van der Waals surface area contributed by atoms with Gasteiger partial charge in [-0.2, -0.15) is 0 Å². The van der Waals surface area contributed by atoms with Crippen molar-refractivity contribution in [1.29, 1.82) is 0 Å². The van der Waals surface area contributed by atoms with Gasteiger partial charge in [0.05, 0.1) is 12.7 Å². The molecule has 3 rings (SSSR count). The Kier molecular flexibility index (Phi) is 4.78. The lowest BCUT2D eigenvalue weighted by atomic mass is 10.1. The van der Waals surface area contributed by atoms with Crippen LogP contribution in [0.15, 0.2) is 24.3 Å². The summed E-state index contributed by atoms with van der Waals surface area (Å²) >= 11 is 0. The molecule has 1 atom stereocenters. The van der Waals surface area contributed by atoms with Gasteiger partial charge in [0, 0.05) is 37.9 Å². The van der Waals surface area contributed by atoms with E-state index in [-0.39, 0.29) is 0 Å². The Labute approximate surface area is 127 Å². The fraction of sp³-hybridized carbons (Fsp3) is 0.647. The first-order chi connectivity index (χ1) is 10.3. The van der Waals surface area contributed by atoms with Crippen molar-refractivity contribution >= 4 is 5.69 Å². The first-order valence-electron chi connectivity index (χ1n) is 8.19. The van der Waals surface area contributed by atoms with Crippen LogP contribution in [0.2, 0.25) is 0 Å². The predicted octanol–water partition coefficient (Wildman–Crippen LogP) is 1.83. The van der Waals surface area contributed by atoms with Gasteiger partial charge in [-0.1, -0.05) is 19.1 Å². The van der Waals surface area contributed by atoms with Crippen molar-refractivity contribution < 1.29 is 4.74 Å². The van der Waals surface area contributed by atoms with Crippen LogP contribution in [-0.4, -0.2) is 49.8 Å². The van der Waals surface area contributed by atoms with Crippen LogP contribution < -0.4 is 10.6 Å². The largest absolute Gasteiger partial charge is 0.374 e. The molecule has 0 aromatic heterocycles. The van der Waals surface area contributed by atoms with Crippen LogP contribution >= 0.6 is 0 Å². The molecular formula is C17H27N3O. The molecule has 0 spiro atoms. The molecule has 0 radical (unpaired) electrons. The zero-order chi connectivity index (χ0) is 14.7. The van der Waals surface area contributed by atoms with Gasteiger partial charge in [-0.05, 0) is 37.1 Å². The average Bonchev–Trinajstić information content (AvgIpc) is 3.38. The summed E-state index contributed by atoms with van der Waals surface area (Å²) in [5.41, 5.74) is 8.20. The summed E-state index contributed by atoms with van der Waals surface area (Å²) in [6.07, 6.45) is 2.94. The van der Waals surface area contributed by atoms with Crippen LogP contribution in [0.5, 0.6) is 0 Å². The minimum Gasteiger partial charge on any atom is -0.374 e. The van der Waals surface area contributed by atoms with E-state index in [0.29, 0.717) is 18.7 Å². The maximum absolute atomic E-state index is 5.98. The Morgan fingerprint density at radius 2 is 2.05 bits per heavy atom. The highest BCUT2D eigenvalue weighted by atomic mass is 16.5. The summed E-state index contributed by atoms with van der Waals surface area (Å²) in [6, 6.07) is 9.41. The second-order valence-electron chi connectivity index (χ2n) is 6.14. The molecule has 1 unspecified atom stereocenters. The summed E-state index contributed by atoms with van der Waals surface area (Å²) in [6.45, 7) is 7.95. The highest BCUT2D eigenvalue weighted by Gasteiger charge is 2.32. The second-order valence-corrected chi connectivity index (χ2v) is 6.14. The third kappa shape index (κ3) is 3.76. The summed E-state index contributed by atoms with van der Waals surface area (Å²) < 4.78 is 5.98. The molecule has 1 saturated heterocycles. The lowest BCUT2D eigenvalue weighted by Crippen LogP contribution is -2.48. The molecule has 0 bridgehead atoms. The number of rotatable bonds is 6. The van der Waals surface area contributed by atoms with Gasteiger partial charge in [-0.25, -0.2) is 0 Å². The third-order valence-corrected chi connectivity index (χ3v) is 4.56. The molecule has 4 heteroatoms. The van der Waals surface area contributed by atoms with Crippen molar-refractivity contribution in [2.75, 3.05) is 37.7 Å². The first-order valence-corrected chi connectivity index (χ1v) is 8.19. The minimum absolute atomic E-state index is 0.327. The monoisotopic (exact) mass is 289 g/mol. The zero-order valence-corrected chi connectivity index (χ0v) is 13.0. The van der Waals surface area contributed by atoms with Gasteiger partial charge in [0.25, 0.3) is 0 Å². The van der Waals surface area contributed by atoms with Crippen molar-refractivity contribution in [2.45, 2.75) is 38.5 Å². The number of likely N-dealkylation sites (N-methyl/N-ethyl adjacent to an activating group) is 1. The average molecular weight is 289 g/mol. The number of hydrogen-bond donors (Lipinski definition) is 1. The summed E-state index contributed by atoms with van der Waals surface area (Å²) in [4.78, 5) is 5.01. The van der Waals surface area contributed by atoms with Gasteiger partial charge < -0.3 is 15.4 Å². The van der Waals surface area contributed by atoms with E-state index < -0.39 is 0 Å². The Morgan fingerprint density at radius 1 is 1.29 bits per heavy atom. The van der Waals surface area contributed by atoms with Crippen LogP contribution in [0.3, 0.4) is 0 Å². The summed E-state index contributed by atoms with van der Waals surface area (Å²) in [7, 11) is 0.